The zero-order valence-corrected chi connectivity index (χ0v) is 8.33. The first-order valence-electron chi connectivity index (χ1n) is 4.47. The number of amides is 1. The Morgan fingerprint density at radius 3 is 2.59 bits per heavy atom. The molecule has 0 aliphatic rings. The third-order valence-corrected chi connectivity index (χ3v) is 1.88. The zero-order chi connectivity index (χ0) is 12.3. The number of carboxylic acid groups (broad SMARTS) is 1. The highest BCUT2D eigenvalue weighted by Crippen LogP contribution is 2.20. The Balaban J connectivity index is 2.34. The van der Waals surface area contributed by atoms with Gasteiger partial charge in [-0.2, -0.15) is 0 Å². The summed E-state index contributed by atoms with van der Waals surface area (Å²) >= 11 is 0. The van der Waals surface area contributed by atoms with Gasteiger partial charge in [0.25, 0.3) is 0 Å². The van der Waals surface area contributed by atoms with Crippen LogP contribution in [0.2, 0.25) is 0 Å². The summed E-state index contributed by atoms with van der Waals surface area (Å²) in [6, 6.07) is 3.84. The Labute approximate surface area is 94.3 Å². The largest absolute Gasteiger partial charge is 0.465 e. The van der Waals surface area contributed by atoms with E-state index in [1.807, 2.05) is 5.32 Å². The highest BCUT2D eigenvalue weighted by Gasteiger charge is 2.09. The summed E-state index contributed by atoms with van der Waals surface area (Å²) in [6.45, 7) is 0. The van der Waals surface area contributed by atoms with E-state index in [9.17, 15) is 9.18 Å². The fraction of sp³-hybridized carbons (Fsp3) is 0. The van der Waals surface area contributed by atoms with Crippen molar-refractivity contribution in [1.29, 1.82) is 0 Å². The smallest absolute Gasteiger partial charge is 0.409 e. The van der Waals surface area contributed by atoms with Gasteiger partial charge in [0.15, 0.2) is 6.33 Å². The van der Waals surface area contributed by atoms with Gasteiger partial charge in [-0.25, -0.2) is 9.18 Å². The second-order valence-electron chi connectivity index (χ2n) is 2.99. The van der Waals surface area contributed by atoms with Gasteiger partial charge in [0.1, 0.15) is 5.82 Å². The van der Waals surface area contributed by atoms with Crippen LogP contribution in [-0.4, -0.2) is 31.6 Å². The van der Waals surface area contributed by atoms with Gasteiger partial charge in [0.05, 0.1) is 5.69 Å². The van der Waals surface area contributed by atoms with E-state index < -0.39 is 11.9 Å². The molecule has 0 radical (unpaired) electrons. The molecule has 0 spiro atoms. The second-order valence-corrected chi connectivity index (χ2v) is 2.99. The van der Waals surface area contributed by atoms with Gasteiger partial charge in [0, 0.05) is 5.56 Å². The summed E-state index contributed by atoms with van der Waals surface area (Å²) in [5.41, 5.74) is 0.220. The van der Waals surface area contributed by atoms with E-state index in [1.54, 1.807) is 0 Å². The molecule has 0 aliphatic heterocycles. The predicted molar refractivity (Wildman–Crippen MR) is 54.7 cm³/mol. The maximum absolute atomic E-state index is 13.5. The SMILES string of the molecule is O=C(O)Nc1ccc(-c2nncnn2)cc1F. The Kier molecular flexibility index (Phi) is 2.86. The third kappa shape index (κ3) is 2.48. The molecule has 2 rings (SSSR count). The molecule has 1 aromatic carbocycles. The van der Waals surface area contributed by atoms with Crippen molar-refractivity contribution >= 4 is 11.8 Å². The molecule has 0 aliphatic carbocycles. The lowest BCUT2D eigenvalue weighted by Gasteiger charge is -2.03. The Morgan fingerprint density at radius 1 is 1.29 bits per heavy atom. The molecule has 0 saturated carbocycles. The van der Waals surface area contributed by atoms with Crippen LogP contribution in [0.5, 0.6) is 0 Å². The van der Waals surface area contributed by atoms with Crippen LogP contribution in [0.25, 0.3) is 11.4 Å². The monoisotopic (exact) mass is 235 g/mol. The number of benzene rings is 1. The highest BCUT2D eigenvalue weighted by molar-refractivity contribution is 5.83. The van der Waals surface area contributed by atoms with Crippen LogP contribution < -0.4 is 5.32 Å². The van der Waals surface area contributed by atoms with Crippen molar-refractivity contribution in [1.82, 2.24) is 20.4 Å². The molecule has 1 amide bonds. The van der Waals surface area contributed by atoms with E-state index in [0.717, 1.165) is 12.4 Å². The van der Waals surface area contributed by atoms with Gasteiger partial charge >= 0.3 is 6.09 Å². The maximum Gasteiger partial charge on any atom is 0.409 e. The van der Waals surface area contributed by atoms with Crippen LogP contribution in [0.3, 0.4) is 0 Å². The van der Waals surface area contributed by atoms with Crippen molar-refractivity contribution in [3.05, 3.63) is 30.3 Å². The van der Waals surface area contributed by atoms with Crippen molar-refractivity contribution < 1.29 is 14.3 Å². The summed E-state index contributed by atoms with van der Waals surface area (Å²) in [5.74, 6) is -0.564. The first kappa shape index (κ1) is 10.9. The number of aromatic nitrogens is 4. The first-order valence-corrected chi connectivity index (χ1v) is 4.47. The van der Waals surface area contributed by atoms with Crippen molar-refractivity contribution in [3.8, 4) is 11.4 Å². The van der Waals surface area contributed by atoms with Crippen molar-refractivity contribution in [2.45, 2.75) is 0 Å². The number of halogens is 1. The molecule has 0 saturated heterocycles. The molecule has 2 N–H and O–H groups in total. The van der Waals surface area contributed by atoms with Crippen LogP contribution in [0.1, 0.15) is 0 Å². The fourth-order valence-corrected chi connectivity index (χ4v) is 1.19. The summed E-state index contributed by atoms with van der Waals surface area (Å²) in [6.07, 6.45) is -0.184. The van der Waals surface area contributed by atoms with Gasteiger partial charge < -0.3 is 5.11 Å². The molecule has 8 heteroatoms. The number of carbonyl (C=O) groups is 1. The van der Waals surface area contributed by atoms with E-state index in [1.165, 1.54) is 12.1 Å². The molecule has 0 fully saturated rings. The van der Waals surface area contributed by atoms with E-state index >= 15 is 0 Å². The van der Waals surface area contributed by atoms with Gasteiger partial charge in [-0.3, -0.25) is 5.32 Å². The lowest BCUT2D eigenvalue weighted by atomic mass is 10.2. The van der Waals surface area contributed by atoms with Crippen LogP contribution in [0.15, 0.2) is 24.5 Å². The average Bonchev–Trinajstić information content (AvgIpc) is 2.32. The van der Waals surface area contributed by atoms with Crippen LogP contribution >= 0.6 is 0 Å². The molecule has 0 unspecified atom stereocenters. The molecule has 7 nitrogen and oxygen atoms in total. The summed E-state index contributed by atoms with van der Waals surface area (Å²) < 4.78 is 13.5. The number of anilines is 1. The summed E-state index contributed by atoms with van der Waals surface area (Å²) in [4.78, 5) is 10.4. The third-order valence-electron chi connectivity index (χ3n) is 1.88. The minimum atomic E-state index is -1.34. The molecule has 1 heterocycles. The first-order chi connectivity index (χ1) is 8.16. The molecule has 0 bridgehead atoms. The second kappa shape index (κ2) is 4.47. The normalized spacial score (nSPS) is 9.94. The number of nitrogens with zero attached hydrogens (tertiary/aromatic N) is 4. The number of hydrogen-bond acceptors (Lipinski definition) is 5. The average molecular weight is 235 g/mol. The predicted octanol–water partition coefficient (Wildman–Crippen LogP) is 1.16. The van der Waals surface area contributed by atoms with E-state index in [0.29, 0.717) is 5.56 Å². The summed E-state index contributed by atoms with van der Waals surface area (Å²) in [5, 5.41) is 24.7. The summed E-state index contributed by atoms with van der Waals surface area (Å²) in [7, 11) is 0. The lowest BCUT2D eigenvalue weighted by Crippen LogP contribution is -2.08. The number of rotatable bonds is 2. The standard InChI is InChI=1S/C9H6FN5O2/c10-6-3-5(8-14-11-4-12-15-8)1-2-7(6)13-9(16)17/h1-4,13H,(H,16,17). The van der Waals surface area contributed by atoms with Crippen molar-refractivity contribution in [3.63, 3.8) is 0 Å². The molecular formula is C9H6FN5O2. The molecule has 1 aromatic heterocycles. The minimum absolute atomic E-state index is 0.141. The van der Waals surface area contributed by atoms with Crippen LogP contribution in [0.4, 0.5) is 14.9 Å². The molecule has 2 aromatic rings. The number of nitrogens with one attached hydrogen (secondary N) is 1. The Hall–Kier alpha value is -2.64. The quantitative estimate of drug-likeness (QED) is 0.809. The highest BCUT2D eigenvalue weighted by atomic mass is 19.1. The molecule has 0 atom stereocenters. The molecule has 17 heavy (non-hydrogen) atoms. The lowest BCUT2D eigenvalue weighted by molar-refractivity contribution is 0.209. The van der Waals surface area contributed by atoms with Gasteiger partial charge in [-0.15, -0.1) is 20.4 Å². The van der Waals surface area contributed by atoms with E-state index in [4.69, 9.17) is 5.11 Å². The van der Waals surface area contributed by atoms with Crippen LogP contribution in [0, 0.1) is 5.82 Å². The number of hydrogen-bond donors (Lipinski definition) is 2. The molecule has 86 valence electrons. The minimum Gasteiger partial charge on any atom is -0.465 e. The Bertz CT molecular complexity index is 548. The van der Waals surface area contributed by atoms with E-state index in [-0.39, 0.29) is 11.5 Å². The van der Waals surface area contributed by atoms with E-state index in [2.05, 4.69) is 20.4 Å². The maximum atomic E-state index is 13.5. The fourth-order valence-electron chi connectivity index (χ4n) is 1.19. The van der Waals surface area contributed by atoms with Crippen LogP contribution in [-0.2, 0) is 0 Å². The van der Waals surface area contributed by atoms with Crippen molar-refractivity contribution in [2.75, 3.05) is 5.32 Å². The van der Waals surface area contributed by atoms with Gasteiger partial charge in [0.2, 0.25) is 5.82 Å². The topological polar surface area (TPSA) is 101 Å². The van der Waals surface area contributed by atoms with Gasteiger partial charge in [-0.1, -0.05) is 0 Å². The van der Waals surface area contributed by atoms with Crippen molar-refractivity contribution in [2.24, 2.45) is 0 Å². The Morgan fingerprint density at radius 2 is 2.00 bits per heavy atom. The zero-order valence-electron chi connectivity index (χ0n) is 8.33. The van der Waals surface area contributed by atoms with Gasteiger partial charge in [-0.05, 0) is 18.2 Å². The molecular weight excluding hydrogens is 229 g/mol.